The van der Waals surface area contributed by atoms with Gasteiger partial charge in [-0.2, -0.15) is 0 Å². The van der Waals surface area contributed by atoms with Gasteiger partial charge in [0.05, 0.1) is 0 Å². The third-order valence-electron chi connectivity index (χ3n) is 8.62. The molecule has 0 N–H and O–H groups in total. The number of hydrogen-bond donors (Lipinski definition) is 0. The number of rotatable bonds is 1. The first kappa shape index (κ1) is 16.4. The van der Waals surface area contributed by atoms with Crippen molar-refractivity contribution in [3.8, 4) is 0 Å². The van der Waals surface area contributed by atoms with Crippen LogP contribution in [0.5, 0.6) is 0 Å². The van der Waals surface area contributed by atoms with E-state index in [2.05, 4.69) is 52.8 Å². The van der Waals surface area contributed by atoms with E-state index in [9.17, 15) is 4.79 Å². The van der Waals surface area contributed by atoms with Gasteiger partial charge < -0.3 is 4.79 Å². The van der Waals surface area contributed by atoms with Crippen molar-refractivity contribution in [2.24, 2.45) is 34.0 Å². The molecule has 4 unspecified atom stereocenters. The predicted molar refractivity (Wildman–Crippen MR) is 99.5 cm³/mol. The minimum Gasteiger partial charge on any atom is -0.303 e. The standard InChI is InChI=1S/C23H32O/c1-15-6-10-22(4)17(12-15)13-16(14-24)20-18(22)8-11-23(5)19(20)7-9-21(23,2)3/h8,12-14,16,19-20H,6-7,9-11H2,1-5H3/t16-,19?,20?,22?,23?/m0/s1. The first-order valence-corrected chi connectivity index (χ1v) is 9.78. The van der Waals surface area contributed by atoms with Crippen LogP contribution in [0.25, 0.3) is 0 Å². The Labute approximate surface area is 147 Å². The molecule has 0 aromatic carbocycles. The Balaban J connectivity index is 1.87. The first-order valence-electron chi connectivity index (χ1n) is 9.78. The summed E-state index contributed by atoms with van der Waals surface area (Å²) in [6.45, 7) is 12.0. The predicted octanol–water partition coefficient (Wildman–Crippen LogP) is 5.88. The summed E-state index contributed by atoms with van der Waals surface area (Å²) in [5, 5.41) is 0. The Bertz CT molecular complexity index is 676. The van der Waals surface area contributed by atoms with Crippen LogP contribution in [0.2, 0.25) is 0 Å². The lowest BCUT2D eigenvalue weighted by Crippen LogP contribution is -2.48. The summed E-state index contributed by atoms with van der Waals surface area (Å²) in [4.78, 5) is 12.0. The Morgan fingerprint density at radius 3 is 2.62 bits per heavy atom. The molecule has 0 aromatic heterocycles. The molecule has 4 rings (SSSR count). The van der Waals surface area contributed by atoms with Crippen LogP contribution in [0.3, 0.4) is 0 Å². The van der Waals surface area contributed by atoms with Crippen LogP contribution in [-0.2, 0) is 4.79 Å². The van der Waals surface area contributed by atoms with E-state index in [0.29, 0.717) is 22.7 Å². The van der Waals surface area contributed by atoms with E-state index >= 15 is 0 Å². The summed E-state index contributed by atoms with van der Waals surface area (Å²) < 4.78 is 0. The summed E-state index contributed by atoms with van der Waals surface area (Å²) in [5.74, 6) is 1.16. The summed E-state index contributed by atoms with van der Waals surface area (Å²) in [6.07, 6.45) is 14.7. The first-order chi connectivity index (χ1) is 11.2. The van der Waals surface area contributed by atoms with Gasteiger partial charge in [0.25, 0.3) is 0 Å². The SMILES string of the molecule is CC1=CC2=C[C@@H](C=O)C3C(=CCC4(C)C3CCC4(C)C)C2(C)CC1. The highest BCUT2D eigenvalue weighted by molar-refractivity contribution is 5.63. The maximum Gasteiger partial charge on any atom is 0.127 e. The molecule has 0 spiro atoms. The molecule has 0 amide bonds. The Kier molecular flexibility index (Phi) is 3.38. The minimum absolute atomic E-state index is 0.0694. The fourth-order valence-corrected chi connectivity index (χ4v) is 6.44. The third kappa shape index (κ3) is 1.90. The highest BCUT2D eigenvalue weighted by Gasteiger charge is 2.59. The van der Waals surface area contributed by atoms with E-state index < -0.39 is 0 Å². The summed E-state index contributed by atoms with van der Waals surface area (Å²) in [6, 6.07) is 0. The van der Waals surface area contributed by atoms with Crippen molar-refractivity contribution in [1.29, 1.82) is 0 Å². The largest absolute Gasteiger partial charge is 0.303 e. The quantitative estimate of drug-likeness (QED) is 0.435. The van der Waals surface area contributed by atoms with Crippen LogP contribution in [0.15, 0.2) is 34.9 Å². The zero-order chi connectivity index (χ0) is 17.3. The van der Waals surface area contributed by atoms with Crippen LogP contribution in [-0.4, -0.2) is 6.29 Å². The zero-order valence-corrected chi connectivity index (χ0v) is 16.0. The monoisotopic (exact) mass is 324 g/mol. The molecule has 1 nitrogen and oxygen atoms in total. The Morgan fingerprint density at radius 1 is 1.17 bits per heavy atom. The van der Waals surface area contributed by atoms with Gasteiger partial charge in [0.2, 0.25) is 0 Å². The number of allylic oxidation sites excluding steroid dienone is 6. The average Bonchev–Trinajstić information content (AvgIpc) is 2.78. The van der Waals surface area contributed by atoms with E-state index in [1.54, 1.807) is 5.57 Å². The second-order valence-electron chi connectivity index (χ2n) is 9.99. The second-order valence-corrected chi connectivity index (χ2v) is 9.99. The van der Waals surface area contributed by atoms with Gasteiger partial charge in [-0.1, -0.05) is 57.1 Å². The molecule has 130 valence electrons. The topological polar surface area (TPSA) is 17.1 Å². The van der Waals surface area contributed by atoms with Gasteiger partial charge in [0, 0.05) is 11.3 Å². The molecule has 1 saturated carbocycles. The Hall–Kier alpha value is -1.11. The van der Waals surface area contributed by atoms with Crippen LogP contribution in [0, 0.1) is 34.0 Å². The third-order valence-corrected chi connectivity index (χ3v) is 8.62. The van der Waals surface area contributed by atoms with Gasteiger partial charge >= 0.3 is 0 Å². The molecule has 0 aliphatic heterocycles. The van der Waals surface area contributed by atoms with E-state index in [-0.39, 0.29) is 11.3 Å². The van der Waals surface area contributed by atoms with Gasteiger partial charge in [0.1, 0.15) is 6.29 Å². The number of hydrogen-bond acceptors (Lipinski definition) is 1. The average molecular weight is 325 g/mol. The van der Waals surface area contributed by atoms with Crippen LogP contribution >= 0.6 is 0 Å². The fourth-order valence-electron chi connectivity index (χ4n) is 6.44. The highest BCUT2D eigenvalue weighted by Crippen LogP contribution is 2.67. The van der Waals surface area contributed by atoms with Gasteiger partial charge in [0.15, 0.2) is 0 Å². The van der Waals surface area contributed by atoms with Crippen LogP contribution < -0.4 is 0 Å². The molecule has 4 aliphatic carbocycles. The van der Waals surface area contributed by atoms with Gasteiger partial charge in [-0.15, -0.1) is 0 Å². The number of fused-ring (bicyclic) bond motifs is 5. The molecule has 0 heterocycles. The lowest BCUT2D eigenvalue weighted by Gasteiger charge is -2.55. The maximum absolute atomic E-state index is 12.0. The summed E-state index contributed by atoms with van der Waals surface area (Å²) in [5.41, 5.74) is 5.35. The van der Waals surface area contributed by atoms with Crippen molar-refractivity contribution < 1.29 is 4.79 Å². The van der Waals surface area contributed by atoms with Crippen LogP contribution in [0.4, 0.5) is 0 Å². The molecular formula is C23H32O. The van der Waals surface area contributed by atoms with Crippen molar-refractivity contribution in [3.63, 3.8) is 0 Å². The fraction of sp³-hybridized carbons (Fsp3) is 0.696. The van der Waals surface area contributed by atoms with Crippen molar-refractivity contribution in [2.75, 3.05) is 0 Å². The second kappa shape index (κ2) is 4.96. The van der Waals surface area contributed by atoms with Gasteiger partial charge in [-0.3, -0.25) is 0 Å². The molecule has 0 aromatic rings. The lowest BCUT2D eigenvalue weighted by molar-refractivity contribution is -0.112. The smallest absolute Gasteiger partial charge is 0.127 e. The van der Waals surface area contributed by atoms with Gasteiger partial charge in [-0.25, -0.2) is 0 Å². The molecule has 0 bridgehead atoms. The van der Waals surface area contributed by atoms with E-state index in [1.807, 2.05) is 0 Å². The minimum atomic E-state index is 0.0694. The molecule has 4 aliphatic rings. The van der Waals surface area contributed by atoms with Crippen molar-refractivity contribution >= 4 is 6.29 Å². The molecule has 1 heteroatoms. The lowest BCUT2D eigenvalue weighted by atomic mass is 9.49. The van der Waals surface area contributed by atoms with Crippen molar-refractivity contribution in [2.45, 2.75) is 66.7 Å². The van der Waals surface area contributed by atoms with Gasteiger partial charge in [-0.05, 0) is 67.3 Å². The molecule has 0 radical (unpaired) electrons. The molecular weight excluding hydrogens is 292 g/mol. The number of aldehydes is 1. The molecule has 1 fully saturated rings. The van der Waals surface area contributed by atoms with E-state index in [1.165, 1.54) is 49.5 Å². The van der Waals surface area contributed by atoms with Crippen molar-refractivity contribution in [3.05, 3.63) is 34.9 Å². The summed E-state index contributed by atoms with van der Waals surface area (Å²) >= 11 is 0. The summed E-state index contributed by atoms with van der Waals surface area (Å²) in [7, 11) is 0. The maximum atomic E-state index is 12.0. The molecule has 24 heavy (non-hydrogen) atoms. The zero-order valence-electron chi connectivity index (χ0n) is 16.0. The van der Waals surface area contributed by atoms with Crippen molar-refractivity contribution in [1.82, 2.24) is 0 Å². The Morgan fingerprint density at radius 2 is 1.92 bits per heavy atom. The number of carbonyl (C=O) groups excluding carboxylic acids is 1. The molecule has 5 atom stereocenters. The molecule has 0 saturated heterocycles. The van der Waals surface area contributed by atoms with Crippen LogP contribution in [0.1, 0.15) is 66.7 Å². The highest BCUT2D eigenvalue weighted by atomic mass is 16.1. The normalized spacial score (nSPS) is 46.0. The number of carbonyl (C=O) groups is 1. The van der Waals surface area contributed by atoms with E-state index in [4.69, 9.17) is 0 Å². The van der Waals surface area contributed by atoms with E-state index in [0.717, 1.165) is 0 Å².